The van der Waals surface area contributed by atoms with Gasteiger partial charge in [-0.3, -0.25) is 0 Å². The van der Waals surface area contributed by atoms with E-state index in [4.69, 9.17) is 5.11 Å². The molecule has 1 rings (SSSR count). The summed E-state index contributed by atoms with van der Waals surface area (Å²) in [7, 11) is -3.02. The number of aliphatic hydroxyl groups excluding tert-OH is 1. The maximum atomic E-state index is 11.7. The van der Waals surface area contributed by atoms with Crippen LogP contribution in [0.1, 0.15) is 25.0 Å². The topological polar surface area (TPSA) is 54.4 Å². The summed E-state index contributed by atoms with van der Waals surface area (Å²) < 4.78 is 23.4. The molecule has 0 aliphatic rings. The van der Waals surface area contributed by atoms with E-state index in [1.54, 1.807) is 24.3 Å². The van der Waals surface area contributed by atoms with Crippen LogP contribution in [0.4, 0.5) is 0 Å². The fourth-order valence-electron chi connectivity index (χ4n) is 1.56. The van der Waals surface area contributed by atoms with Crippen LogP contribution in [0.2, 0.25) is 0 Å². The van der Waals surface area contributed by atoms with Crippen LogP contribution in [0, 0.1) is 5.92 Å². The van der Waals surface area contributed by atoms with Crippen molar-refractivity contribution in [3.8, 4) is 0 Å². The first-order chi connectivity index (χ1) is 7.43. The lowest BCUT2D eigenvalue weighted by Crippen LogP contribution is -2.13. The molecule has 4 heteroatoms. The molecule has 1 aromatic rings. The molecule has 0 aliphatic carbocycles. The van der Waals surface area contributed by atoms with Crippen molar-refractivity contribution in [1.82, 2.24) is 0 Å². The van der Waals surface area contributed by atoms with Crippen molar-refractivity contribution in [2.45, 2.75) is 26.2 Å². The Morgan fingerprint density at radius 1 is 1.12 bits per heavy atom. The van der Waals surface area contributed by atoms with Crippen LogP contribution in [-0.2, 0) is 22.2 Å². The van der Waals surface area contributed by atoms with E-state index in [2.05, 4.69) is 0 Å². The molecule has 0 radical (unpaired) electrons. The van der Waals surface area contributed by atoms with Gasteiger partial charge in [0.2, 0.25) is 0 Å². The largest absolute Gasteiger partial charge is 0.392 e. The number of sulfone groups is 1. The Kier molecular flexibility index (Phi) is 4.50. The second-order valence-electron chi connectivity index (χ2n) is 4.42. The van der Waals surface area contributed by atoms with Crippen LogP contribution < -0.4 is 0 Å². The summed E-state index contributed by atoms with van der Waals surface area (Å²) in [5.74, 6) is 0.452. The predicted molar refractivity (Wildman–Crippen MR) is 64.7 cm³/mol. The Hall–Kier alpha value is -0.870. The van der Waals surface area contributed by atoms with Crippen LogP contribution in [0.25, 0.3) is 0 Å². The smallest absolute Gasteiger partial charge is 0.154 e. The van der Waals surface area contributed by atoms with Gasteiger partial charge in [-0.05, 0) is 17.0 Å². The molecule has 0 saturated carbocycles. The Morgan fingerprint density at radius 3 is 2.06 bits per heavy atom. The molecule has 1 aromatic carbocycles. The van der Waals surface area contributed by atoms with Gasteiger partial charge in [-0.1, -0.05) is 38.1 Å². The number of aliphatic hydroxyl groups is 1. The molecule has 0 aliphatic heterocycles. The summed E-state index contributed by atoms with van der Waals surface area (Å²) in [4.78, 5) is 0. The Labute approximate surface area is 97.0 Å². The maximum Gasteiger partial charge on any atom is 0.154 e. The van der Waals surface area contributed by atoms with Gasteiger partial charge in [-0.25, -0.2) is 8.42 Å². The molecule has 0 heterocycles. The third-order valence-electron chi connectivity index (χ3n) is 2.18. The van der Waals surface area contributed by atoms with Gasteiger partial charge in [0.1, 0.15) is 0 Å². The van der Waals surface area contributed by atoms with Gasteiger partial charge < -0.3 is 5.11 Å². The van der Waals surface area contributed by atoms with E-state index in [0.29, 0.717) is 0 Å². The minimum absolute atomic E-state index is 0.0149. The molecule has 0 spiro atoms. The second-order valence-corrected chi connectivity index (χ2v) is 6.53. The van der Waals surface area contributed by atoms with Crippen LogP contribution in [0.5, 0.6) is 0 Å². The highest BCUT2D eigenvalue weighted by atomic mass is 32.2. The number of hydrogen-bond acceptors (Lipinski definition) is 3. The van der Waals surface area contributed by atoms with Gasteiger partial charge in [0.15, 0.2) is 9.84 Å². The van der Waals surface area contributed by atoms with Gasteiger partial charge in [-0.2, -0.15) is 0 Å². The van der Waals surface area contributed by atoms with Crippen LogP contribution in [0.15, 0.2) is 24.3 Å². The highest BCUT2D eigenvalue weighted by Gasteiger charge is 2.13. The molecule has 0 bridgehead atoms. The van der Waals surface area contributed by atoms with Crippen molar-refractivity contribution >= 4 is 9.84 Å². The molecular weight excluding hydrogens is 224 g/mol. The second kappa shape index (κ2) is 5.46. The third kappa shape index (κ3) is 4.33. The fourth-order valence-corrected chi connectivity index (χ4v) is 3.40. The fraction of sp³-hybridized carbons (Fsp3) is 0.500. The molecule has 3 nitrogen and oxygen atoms in total. The van der Waals surface area contributed by atoms with Crippen LogP contribution in [0.3, 0.4) is 0 Å². The van der Waals surface area contributed by atoms with Crippen molar-refractivity contribution in [3.05, 3.63) is 35.4 Å². The molecule has 1 N–H and O–H groups in total. The van der Waals surface area contributed by atoms with E-state index in [1.807, 2.05) is 13.8 Å². The predicted octanol–water partition coefficient (Wildman–Crippen LogP) is 1.75. The van der Waals surface area contributed by atoms with E-state index in [9.17, 15) is 8.42 Å². The first-order valence-corrected chi connectivity index (χ1v) is 7.14. The molecule has 0 fully saturated rings. The average Bonchev–Trinajstić information content (AvgIpc) is 2.16. The number of benzene rings is 1. The number of rotatable bonds is 5. The average molecular weight is 242 g/mol. The van der Waals surface area contributed by atoms with E-state index >= 15 is 0 Å². The first-order valence-electron chi connectivity index (χ1n) is 5.32. The Morgan fingerprint density at radius 2 is 1.62 bits per heavy atom. The monoisotopic (exact) mass is 242 g/mol. The van der Waals surface area contributed by atoms with E-state index in [-0.39, 0.29) is 24.0 Å². The third-order valence-corrected chi connectivity index (χ3v) is 4.13. The van der Waals surface area contributed by atoms with Crippen molar-refractivity contribution in [2.75, 3.05) is 5.75 Å². The highest BCUT2D eigenvalue weighted by Crippen LogP contribution is 2.11. The SMILES string of the molecule is CC(C)CS(=O)(=O)Cc1ccc(CO)cc1. The molecule has 0 saturated heterocycles. The molecule has 0 amide bonds. The first kappa shape index (κ1) is 13.2. The zero-order valence-corrected chi connectivity index (χ0v) is 10.5. The molecule has 16 heavy (non-hydrogen) atoms. The van der Waals surface area contributed by atoms with Gasteiger partial charge in [0, 0.05) is 0 Å². The standard InChI is InChI=1S/C12H18O3S/c1-10(2)8-16(14,15)9-12-5-3-11(7-13)4-6-12/h3-6,10,13H,7-9H2,1-2H3. The zero-order valence-electron chi connectivity index (χ0n) is 9.68. The summed E-state index contributed by atoms with van der Waals surface area (Å²) in [5, 5.41) is 8.86. The minimum atomic E-state index is -3.02. The molecule has 0 unspecified atom stereocenters. The van der Waals surface area contributed by atoms with Crippen molar-refractivity contribution in [3.63, 3.8) is 0 Å². The summed E-state index contributed by atoms with van der Waals surface area (Å²) in [5.41, 5.74) is 1.57. The Bertz CT molecular complexity index is 418. The number of hydrogen-bond donors (Lipinski definition) is 1. The lowest BCUT2D eigenvalue weighted by Gasteiger charge is -2.07. The summed E-state index contributed by atoms with van der Waals surface area (Å²) in [6, 6.07) is 7.01. The normalized spacial score (nSPS) is 12.0. The minimum Gasteiger partial charge on any atom is -0.392 e. The molecule has 0 atom stereocenters. The quantitative estimate of drug-likeness (QED) is 0.856. The van der Waals surface area contributed by atoms with Gasteiger partial charge >= 0.3 is 0 Å². The highest BCUT2D eigenvalue weighted by molar-refractivity contribution is 7.90. The molecule has 90 valence electrons. The van der Waals surface area contributed by atoms with Crippen molar-refractivity contribution in [1.29, 1.82) is 0 Å². The van der Waals surface area contributed by atoms with Gasteiger partial charge in [0.05, 0.1) is 18.1 Å². The Balaban J connectivity index is 2.72. The summed E-state index contributed by atoms with van der Waals surface area (Å²) in [6.45, 7) is 3.78. The summed E-state index contributed by atoms with van der Waals surface area (Å²) in [6.07, 6.45) is 0. The van der Waals surface area contributed by atoms with Crippen molar-refractivity contribution in [2.24, 2.45) is 5.92 Å². The summed E-state index contributed by atoms with van der Waals surface area (Å²) >= 11 is 0. The van der Waals surface area contributed by atoms with E-state index in [0.717, 1.165) is 11.1 Å². The van der Waals surface area contributed by atoms with Crippen molar-refractivity contribution < 1.29 is 13.5 Å². The van der Waals surface area contributed by atoms with E-state index < -0.39 is 9.84 Å². The maximum absolute atomic E-state index is 11.7. The van der Waals surface area contributed by atoms with E-state index in [1.165, 1.54) is 0 Å². The van der Waals surface area contributed by atoms with Crippen LogP contribution in [-0.4, -0.2) is 19.3 Å². The molecular formula is C12H18O3S. The van der Waals surface area contributed by atoms with Gasteiger partial charge in [-0.15, -0.1) is 0 Å². The van der Waals surface area contributed by atoms with Crippen LogP contribution >= 0.6 is 0 Å². The lowest BCUT2D eigenvalue weighted by molar-refractivity contribution is 0.282. The lowest BCUT2D eigenvalue weighted by atomic mass is 10.2. The zero-order chi connectivity index (χ0) is 12.2. The molecule has 0 aromatic heterocycles. The van der Waals surface area contributed by atoms with Gasteiger partial charge in [0.25, 0.3) is 0 Å².